The SMILES string of the molecule is CC1CC(C)(C)c2c(F)ccc(NC(=O)c3cnccc3C(F)(F)F)c21. The number of alkyl halides is 3. The Labute approximate surface area is 148 Å². The predicted molar refractivity (Wildman–Crippen MR) is 89.7 cm³/mol. The molecule has 1 aromatic carbocycles. The van der Waals surface area contributed by atoms with Gasteiger partial charge in [-0.05, 0) is 47.1 Å². The molecule has 1 atom stereocenters. The van der Waals surface area contributed by atoms with Crippen LogP contribution in [-0.2, 0) is 11.6 Å². The van der Waals surface area contributed by atoms with Gasteiger partial charge >= 0.3 is 6.18 Å². The standard InChI is InChI=1S/C19H18F4N2O/c1-10-8-18(2,3)16-13(20)4-5-14(15(10)16)25-17(26)11-9-24-7-6-12(11)19(21,22)23/h4-7,9-10H,8H2,1-3H3,(H,25,26). The molecule has 3 nitrogen and oxygen atoms in total. The molecule has 1 aromatic heterocycles. The van der Waals surface area contributed by atoms with Crippen LogP contribution in [0, 0.1) is 5.82 Å². The highest BCUT2D eigenvalue weighted by Gasteiger charge is 2.40. The van der Waals surface area contributed by atoms with Gasteiger partial charge in [-0.3, -0.25) is 9.78 Å². The summed E-state index contributed by atoms with van der Waals surface area (Å²) in [6.07, 6.45) is -2.11. The Morgan fingerprint density at radius 2 is 1.96 bits per heavy atom. The van der Waals surface area contributed by atoms with Crippen molar-refractivity contribution in [2.24, 2.45) is 0 Å². The molecule has 3 rings (SSSR count). The molecule has 1 amide bonds. The molecular weight excluding hydrogens is 348 g/mol. The van der Waals surface area contributed by atoms with E-state index in [-0.39, 0.29) is 11.7 Å². The predicted octanol–water partition coefficient (Wildman–Crippen LogP) is 5.28. The van der Waals surface area contributed by atoms with E-state index in [2.05, 4.69) is 10.3 Å². The molecule has 0 bridgehead atoms. The molecule has 1 unspecified atom stereocenters. The number of hydrogen-bond acceptors (Lipinski definition) is 2. The number of halogens is 4. The second kappa shape index (κ2) is 6.07. The zero-order valence-corrected chi connectivity index (χ0v) is 14.5. The largest absolute Gasteiger partial charge is 0.417 e. The number of amides is 1. The highest BCUT2D eigenvalue weighted by Crippen LogP contribution is 2.49. The Morgan fingerprint density at radius 1 is 1.27 bits per heavy atom. The average molecular weight is 366 g/mol. The first-order valence-corrected chi connectivity index (χ1v) is 8.18. The number of carbonyl (C=O) groups is 1. The second-order valence-electron chi connectivity index (χ2n) is 7.25. The number of carbonyl (C=O) groups excluding carboxylic acids is 1. The fourth-order valence-electron chi connectivity index (χ4n) is 3.88. The topological polar surface area (TPSA) is 42.0 Å². The van der Waals surface area contributed by atoms with Crippen LogP contribution in [0.3, 0.4) is 0 Å². The third kappa shape index (κ3) is 3.06. The molecule has 2 aromatic rings. The van der Waals surface area contributed by atoms with Crippen LogP contribution in [0.4, 0.5) is 23.2 Å². The van der Waals surface area contributed by atoms with E-state index in [1.807, 2.05) is 20.8 Å². The maximum absolute atomic E-state index is 14.3. The summed E-state index contributed by atoms with van der Waals surface area (Å²) < 4.78 is 53.7. The lowest BCUT2D eigenvalue weighted by Gasteiger charge is -2.20. The maximum atomic E-state index is 14.3. The van der Waals surface area contributed by atoms with Gasteiger partial charge in [0.2, 0.25) is 0 Å². The lowest BCUT2D eigenvalue weighted by Crippen LogP contribution is -2.20. The van der Waals surface area contributed by atoms with E-state index in [1.165, 1.54) is 12.1 Å². The number of rotatable bonds is 2. The van der Waals surface area contributed by atoms with E-state index >= 15 is 0 Å². The Bertz CT molecular complexity index is 874. The van der Waals surface area contributed by atoms with E-state index < -0.39 is 28.6 Å². The molecule has 0 fully saturated rings. The Balaban J connectivity index is 2.03. The van der Waals surface area contributed by atoms with Crippen LogP contribution in [0.2, 0.25) is 0 Å². The number of fused-ring (bicyclic) bond motifs is 1. The summed E-state index contributed by atoms with van der Waals surface area (Å²) in [4.78, 5) is 16.1. The van der Waals surface area contributed by atoms with Crippen molar-refractivity contribution in [2.75, 3.05) is 5.32 Å². The minimum Gasteiger partial charge on any atom is -0.322 e. The Hall–Kier alpha value is -2.44. The molecule has 7 heteroatoms. The van der Waals surface area contributed by atoms with E-state index in [4.69, 9.17) is 0 Å². The van der Waals surface area contributed by atoms with Gasteiger partial charge in [0.25, 0.3) is 5.91 Å². The maximum Gasteiger partial charge on any atom is 0.417 e. The lowest BCUT2D eigenvalue weighted by atomic mass is 9.85. The number of hydrogen-bond donors (Lipinski definition) is 1. The van der Waals surface area contributed by atoms with Gasteiger partial charge in [-0.25, -0.2) is 4.39 Å². The van der Waals surface area contributed by atoms with E-state index in [1.54, 1.807) is 0 Å². The van der Waals surface area contributed by atoms with Gasteiger partial charge in [-0.2, -0.15) is 13.2 Å². The molecule has 26 heavy (non-hydrogen) atoms. The fraction of sp³-hybridized carbons (Fsp3) is 0.368. The van der Waals surface area contributed by atoms with Crippen LogP contribution in [-0.4, -0.2) is 10.9 Å². The normalized spacial score (nSPS) is 18.5. The number of nitrogens with one attached hydrogen (secondary N) is 1. The fourth-order valence-corrected chi connectivity index (χ4v) is 3.88. The van der Waals surface area contributed by atoms with Crippen molar-refractivity contribution in [1.82, 2.24) is 4.98 Å². The molecule has 0 aliphatic heterocycles. The van der Waals surface area contributed by atoms with Crippen LogP contribution in [0.5, 0.6) is 0 Å². The van der Waals surface area contributed by atoms with Crippen LogP contribution in [0.1, 0.15) is 60.2 Å². The van der Waals surface area contributed by atoms with E-state index in [0.29, 0.717) is 23.2 Å². The zero-order valence-electron chi connectivity index (χ0n) is 14.5. The summed E-state index contributed by atoms with van der Waals surface area (Å²) in [5.41, 5.74) is -0.558. The van der Waals surface area contributed by atoms with E-state index in [0.717, 1.165) is 18.5 Å². The van der Waals surface area contributed by atoms with Gasteiger partial charge in [0.15, 0.2) is 0 Å². The van der Waals surface area contributed by atoms with Crippen molar-refractivity contribution in [3.8, 4) is 0 Å². The third-order valence-electron chi connectivity index (χ3n) is 4.80. The van der Waals surface area contributed by atoms with Crippen molar-refractivity contribution in [3.63, 3.8) is 0 Å². The summed E-state index contributed by atoms with van der Waals surface area (Å²) in [5, 5.41) is 2.52. The van der Waals surface area contributed by atoms with Gasteiger partial charge < -0.3 is 5.32 Å². The Kier molecular flexibility index (Phi) is 4.29. The highest BCUT2D eigenvalue weighted by atomic mass is 19.4. The van der Waals surface area contributed by atoms with Gasteiger partial charge in [-0.15, -0.1) is 0 Å². The lowest BCUT2D eigenvalue weighted by molar-refractivity contribution is -0.138. The molecule has 1 heterocycles. The van der Waals surface area contributed by atoms with Crippen LogP contribution < -0.4 is 5.32 Å². The summed E-state index contributed by atoms with van der Waals surface area (Å²) in [7, 11) is 0. The quantitative estimate of drug-likeness (QED) is 0.735. The minimum absolute atomic E-state index is 0.0259. The molecule has 0 radical (unpaired) electrons. The molecule has 1 aliphatic carbocycles. The molecule has 0 saturated carbocycles. The number of nitrogens with zero attached hydrogens (tertiary/aromatic N) is 1. The monoisotopic (exact) mass is 366 g/mol. The second-order valence-corrected chi connectivity index (χ2v) is 7.25. The van der Waals surface area contributed by atoms with Crippen LogP contribution >= 0.6 is 0 Å². The van der Waals surface area contributed by atoms with Crippen molar-refractivity contribution >= 4 is 11.6 Å². The van der Waals surface area contributed by atoms with Crippen molar-refractivity contribution < 1.29 is 22.4 Å². The van der Waals surface area contributed by atoms with Gasteiger partial charge in [0.1, 0.15) is 5.82 Å². The molecule has 138 valence electrons. The summed E-state index contributed by atoms with van der Waals surface area (Å²) in [6.45, 7) is 5.73. The van der Waals surface area contributed by atoms with Gasteiger partial charge in [-0.1, -0.05) is 20.8 Å². The molecule has 1 aliphatic rings. The third-order valence-corrected chi connectivity index (χ3v) is 4.80. The zero-order chi connectivity index (χ0) is 19.3. The van der Waals surface area contributed by atoms with Gasteiger partial charge in [0.05, 0.1) is 11.1 Å². The summed E-state index contributed by atoms with van der Waals surface area (Å²) >= 11 is 0. The number of benzene rings is 1. The molecule has 1 N–H and O–H groups in total. The molecular formula is C19H18F4N2O. The van der Waals surface area contributed by atoms with Crippen molar-refractivity contribution in [2.45, 2.75) is 44.7 Å². The first-order chi connectivity index (χ1) is 12.0. The average Bonchev–Trinajstić information content (AvgIpc) is 2.79. The van der Waals surface area contributed by atoms with E-state index in [9.17, 15) is 22.4 Å². The smallest absolute Gasteiger partial charge is 0.322 e. The molecule has 0 saturated heterocycles. The molecule has 0 spiro atoms. The number of pyridine rings is 1. The van der Waals surface area contributed by atoms with Crippen LogP contribution in [0.15, 0.2) is 30.6 Å². The van der Waals surface area contributed by atoms with Crippen LogP contribution in [0.25, 0.3) is 0 Å². The summed E-state index contributed by atoms with van der Waals surface area (Å²) in [6, 6.07) is 3.39. The first-order valence-electron chi connectivity index (χ1n) is 8.18. The first kappa shape index (κ1) is 18.4. The van der Waals surface area contributed by atoms with Crippen molar-refractivity contribution in [3.05, 3.63) is 58.7 Å². The number of aromatic nitrogens is 1. The summed E-state index contributed by atoms with van der Waals surface area (Å²) in [5.74, 6) is -1.32. The number of anilines is 1. The minimum atomic E-state index is -4.67. The Morgan fingerprint density at radius 3 is 2.62 bits per heavy atom. The highest BCUT2D eigenvalue weighted by molar-refractivity contribution is 6.05. The van der Waals surface area contributed by atoms with Crippen molar-refractivity contribution in [1.29, 1.82) is 0 Å². The van der Waals surface area contributed by atoms with Gasteiger partial charge in [0, 0.05) is 18.1 Å².